The summed E-state index contributed by atoms with van der Waals surface area (Å²) >= 11 is 1.57. The lowest BCUT2D eigenvalue weighted by Gasteiger charge is -2.24. The van der Waals surface area contributed by atoms with Gasteiger partial charge >= 0.3 is 6.09 Å². The highest BCUT2D eigenvalue weighted by molar-refractivity contribution is 7.99. The summed E-state index contributed by atoms with van der Waals surface area (Å²) in [5.74, 6) is 1.79. The highest BCUT2D eigenvalue weighted by Gasteiger charge is 2.33. The van der Waals surface area contributed by atoms with E-state index in [1.165, 1.54) is 6.07 Å². The zero-order chi connectivity index (χ0) is 23.0. The zero-order valence-corrected chi connectivity index (χ0v) is 20.3. The van der Waals surface area contributed by atoms with Gasteiger partial charge < -0.3 is 15.4 Å². The van der Waals surface area contributed by atoms with Crippen LogP contribution in [0.4, 0.5) is 20.7 Å². The third kappa shape index (κ3) is 4.90. The van der Waals surface area contributed by atoms with Gasteiger partial charge in [-0.2, -0.15) is 5.10 Å². The number of nitrogens with one attached hydrogen (secondary N) is 2. The topological polar surface area (TPSA) is 68.2 Å². The molecule has 1 fully saturated rings. The van der Waals surface area contributed by atoms with Gasteiger partial charge in [0, 0.05) is 40.1 Å². The summed E-state index contributed by atoms with van der Waals surface area (Å²) in [6, 6.07) is 5.50. The molecule has 32 heavy (non-hydrogen) atoms. The minimum absolute atomic E-state index is 0.0574. The molecule has 0 bridgehead atoms. The second-order valence-corrected chi connectivity index (χ2v) is 11.1. The summed E-state index contributed by atoms with van der Waals surface area (Å²) in [5, 5.41) is 11.1. The average Bonchev–Trinajstić information content (AvgIpc) is 3.41. The first-order chi connectivity index (χ1) is 15.1. The fourth-order valence-electron chi connectivity index (χ4n) is 4.54. The van der Waals surface area contributed by atoms with Crippen molar-refractivity contribution in [1.82, 2.24) is 15.1 Å². The normalized spacial score (nSPS) is 20.5. The Morgan fingerprint density at radius 3 is 2.81 bits per heavy atom. The van der Waals surface area contributed by atoms with Gasteiger partial charge in [0.1, 0.15) is 11.9 Å². The predicted octanol–water partition coefficient (Wildman–Crippen LogP) is 5.94. The largest absolute Gasteiger partial charge is 0.446 e. The fourth-order valence-corrected chi connectivity index (χ4v) is 5.64. The molecule has 1 aromatic carbocycles. The minimum atomic E-state index is -0.347. The Morgan fingerprint density at radius 2 is 2.09 bits per heavy atom. The van der Waals surface area contributed by atoms with Crippen molar-refractivity contribution in [3.05, 3.63) is 35.3 Å². The molecule has 0 saturated heterocycles. The summed E-state index contributed by atoms with van der Waals surface area (Å²) in [5.41, 5.74) is 2.91. The Labute approximate surface area is 193 Å². The number of fused-ring (bicyclic) bond motifs is 1. The van der Waals surface area contributed by atoms with Gasteiger partial charge in [-0.25, -0.2) is 9.18 Å². The summed E-state index contributed by atoms with van der Waals surface area (Å²) in [6.07, 6.45) is 3.00. The lowest BCUT2D eigenvalue weighted by molar-refractivity contribution is 0.0979. The van der Waals surface area contributed by atoms with Gasteiger partial charge in [0.15, 0.2) is 5.82 Å². The number of carbonyl (C=O) groups is 1. The lowest BCUT2D eigenvalue weighted by Crippen LogP contribution is -2.33. The van der Waals surface area contributed by atoms with Gasteiger partial charge in [-0.1, -0.05) is 0 Å². The number of halogens is 1. The maximum absolute atomic E-state index is 14.1. The highest BCUT2D eigenvalue weighted by Crippen LogP contribution is 2.41. The highest BCUT2D eigenvalue weighted by atomic mass is 32.2. The number of alkyl carbamates (subject to hydrolysis) is 1. The van der Waals surface area contributed by atoms with Crippen molar-refractivity contribution in [3.8, 4) is 0 Å². The van der Waals surface area contributed by atoms with E-state index >= 15 is 0 Å². The number of hydrogen-bond donors (Lipinski definition) is 2. The van der Waals surface area contributed by atoms with Gasteiger partial charge in [0.2, 0.25) is 0 Å². The molecule has 174 valence electrons. The number of thioether (sulfide) groups is 1. The van der Waals surface area contributed by atoms with Crippen LogP contribution in [0.2, 0.25) is 0 Å². The monoisotopic (exact) mass is 460 g/mol. The molecule has 6 nitrogen and oxygen atoms in total. The fraction of sp³-hybridized carbons (Fsp3) is 0.583. The minimum Gasteiger partial charge on any atom is -0.446 e. The third-order valence-corrected chi connectivity index (χ3v) is 7.07. The van der Waals surface area contributed by atoms with Crippen molar-refractivity contribution in [2.75, 3.05) is 11.1 Å². The molecule has 1 saturated carbocycles. The van der Waals surface area contributed by atoms with Crippen molar-refractivity contribution in [3.63, 3.8) is 0 Å². The van der Waals surface area contributed by atoms with Crippen LogP contribution in [-0.2, 0) is 16.7 Å². The Balaban J connectivity index is 1.54. The number of anilines is 2. The maximum atomic E-state index is 14.1. The standard InChI is InChI=1S/C24H33FN4O2S/c1-14(2)26-23(30)31-16-7-6-15(12-16)20-13-21(28-29(20)24(3,4)5)27-19-9-8-18(25)22-17(19)10-11-32-22/h8-9,13-16H,6-7,10-12H2,1-5H3,(H,26,30)(H,27,28). The number of hydrogen-bond acceptors (Lipinski definition) is 5. The van der Waals surface area contributed by atoms with Crippen LogP contribution in [0.5, 0.6) is 0 Å². The van der Waals surface area contributed by atoms with Crippen LogP contribution < -0.4 is 10.6 Å². The van der Waals surface area contributed by atoms with Crippen LogP contribution in [0, 0.1) is 5.82 Å². The number of benzene rings is 1. The average molecular weight is 461 g/mol. The Bertz CT molecular complexity index is 999. The van der Waals surface area contributed by atoms with Crippen LogP contribution in [0.3, 0.4) is 0 Å². The third-order valence-electron chi connectivity index (χ3n) is 5.93. The van der Waals surface area contributed by atoms with Crippen LogP contribution in [0.15, 0.2) is 23.1 Å². The van der Waals surface area contributed by atoms with Crippen molar-refractivity contribution < 1.29 is 13.9 Å². The quantitative estimate of drug-likeness (QED) is 0.578. The van der Waals surface area contributed by atoms with Gasteiger partial charge in [-0.3, -0.25) is 4.68 Å². The van der Waals surface area contributed by atoms with Crippen LogP contribution in [0.25, 0.3) is 0 Å². The van der Waals surface area contributed by atoms with Crippen LogP contribution >= 0.6 is 11.8 Å². The van der Waals surface area contributed by atoms with Gasteiger partial charge in [0.25, 0.3) is 0 Å². The van der Waals surface area contributed by atoms with Crippen LogP contribution in [0.1, 0.15) is 71.1 Å². The molecule has 1 aliphatic carbocycles. The SMILES string of the molecule is CC(C)NC(=O)OC1CCC(c2cc(Nc3ccc(F)c4c3CCS4)nn2C(C)(C)C)C1. The molecular weight excluding hydrogens is 427 g/mol. The van der Waals surface area contributed by atoms with Crippen molar-refractivity contribution in [2.24, 2.45) is 0 Å². The molecule has 2 atom stereocenters. The predicted molar refractivity (Wildman–Crippen MR) is 126 cm³/mol. The van der Waals surface area contributed by atoms with Crippen LogP contribution in [-0.4, -0.2) is 33.8 Å². The molecule has 0 radical (unpaired) electrons. The van der Waals surface area contributed by atoms with Gasteiger partial charge in [-0.05, 0) is 78.0 Å². The molecule has 0 spiro atoms. The van der Waals surface area contributed by atoms with E-state index in [2.05, 4.69) is 42.2 Å². The van der Waals surface area contributed by atoms with Gasteiger partial charge in [-0.15, -0.1) is 11.8 Å². The molecule has 2 aliphatic rings. The van der Waals surface area contributed by atoms with E-state index in [1.54, 1.807) is 11.8 Å². The number of carbonyl (C=O) groups excluding carboxylic acids is 1. The number of aromatic nitrogens is 2. The first-order valence-electron chi connectivity index (χ1n) is 11.4. The number of nitrogens with zero attached hydrogens (tertiary/aromatic N) is 2. The Hall–Kier alpha value is -2.22. The molecule has 2 heterocycles. The summed E-state index contributed by atoms with van der Waals surface area (Å²) in [6.45, 7) is 10.3. The molecule has 8 heteroatoms. The Kier molecular flexibility index (Phi) is 6.43. The smallest absolute Gasteiger partial charge is 0.407 e. The number of amides is 1. The first kappa shape index (κ1) is 23.0. The molecule has 1 amide bonds. The maximum Gasteiger partial charge on any atom is 0.407 e. The molecule has 1 aliphatic heterocycles. The van der Waals surface area contributed by atoms with Crippen molar-refractivity contribution in [1.29, 1.82) is 0 Å². The molecule has 4 rings (SSSR count). The van der Waals surface area contributed by atoms with E-state index in [0.717, 1.165) is 59.1 Å². The number of ether oxygens (including phenoxy) is 1. The summed E-state index contributed by atoms with van der Waals surface area (Å²) in [7, 11) is 0. The van der Waals surface area contributed by atoms with E-state index in [1.807, 2.05) is 19.9 Å². The van der Waals surface area contributed by atoms with Crippen molar-refractivity contribution in [2.45, 2.75) is 88.8 Å². The molecule has 2 unspecified atom stereocenters. The van der Waals surface area contributed by atoms with E-state index in [-0.39, 0.29) is 35.5 Å². The Morgan fingerprint density at radius 1 is 1.31 bits per heavy atom. The first-order valence-corrected chi connectivity index (χ1v) is 12.4. The van der Waals surface area contributed by atoms with E-state index in [0.29, 0.717) is 0 Å². The zero-order valence-electron chi connectivity index (χ0n) is 19.5. The van der Waals surface area contributed by atoms with E-state index < -0.39 is 0 Å². The van der Waals surface area contributed by atoms with E-state index in [9.17, 15) is 9.18 Å². The second kappa shape index (κ2) is 8.96. The van der Waals surface area contributed by atoms with Crippen molar-refractivity contribution >= 4 is 29.4 Å². The molecular formula is C24H33FN4O2S. The number of rotatable bonds is 5. The summed E-state index contributed by atoms with van der Waals surface area (Å²) < 4.78 is 21.8. The lowest BCUT2D eigenvalue weighted by atomic mass is 10.0. The molecule has 2 aromatic rings. The van der Waals surface area contributed by atoms with Gasteiger partial charge in [0.05, 0.1) is 5.54 Å². The van der Waals surface area contributed by atoms with E-state index in [4.69, 9.17) is 9.84 Å². The summed E-state index contributed by atoms with van der Waals surface area (Å²) in [4.78, 5) is 12.8. The molecule has 2 N–H and O–H groups in total. The molecule has 1 aromatic heterocycles. The second-order valence-electron chi connectivity index (χ2n) is 10.00.